The highest BCUT2D eigenvalue weighted by atomic mass is 16.6. The first-order valence-electron chi connectivity index (χ1n) is 9.91. The molecule has 0 unspecified atom stereocenters. The second-order valence-corrected chi connectivity index (χ2v) is 8.70. The smallest absolute Gasteiger partial charge is 0.237 e. The van der Waals surface area contributed by atoms with Gasteiger partial charge in [-0.2, -0.15) is 5.26 Å². The molecular weight excluding hydrogens is 362 g/mol. The zero-order valence-electron chi connectivity index (χ0n) is 17.3. The number of oxime groups is 1. The maximum Gasteiger partial charge on any atom is 0.237 e. The first kappa shape index (κ1) is 19.2. The number of carbonyl (C=O) groups excluding carboxylic acids is 1. The van der Waals surface area contributed by atoms with Gasteiger partial charge in [0.15, 0.2) is 0 Å². The van der Waals surface area contributed by atoms with Gasteiger partial charge in [0.05, 0.1) is 28.2 Å². The van der Waals surface area contributed by atoms with Crippen molar-refractivity contribution in [2.45, 2.75) is 45.1 Å². The topological polar surface area (TPSA) is 65.7 Å². The number of carbonyl (C=O) groups is 1. The number of para-hydroxylation sites is 1. The van der Waals surface area contributed by atoms with Crippen molar-refractivity contribution in [3.8, 4) is 6.07 Å². The zero-order valence-corrected chi connectivity index (χ0v) is 17.3. The Morgan fingerprint density at radius 3 is 2.52 bits per heavy atom. The monoisotopic (exact) mass is 387 g/mol. The number of nitriles is 1. The van der Waals surface area contributed by atoms with Crippen LogP contribution in [0.25, 0.3) is 0 Å². The molecular formula is C24H25N3O2. The van der Waals surface area contributed by atoms with Crippen LogP contribution in [0.5, 0.6) is 0 Å². The minimum atomic E-state index is -0.554. The molecule has 148 valence electrons. The zero-order chi connectivity index (χ0) is 20.8. The van der Waals surface area contributed by atoms with Crippen LogP contribution in [0.3, 0.4) is 0 Å². The van der Waals surface area contributed by atoms with Crippen LogP contribution in [-0.4, -0.2) is 24.8 Å². The number of benzene rings is 2. The third-order valence-corrected chi connectivity index (χ3v) is 6.52. The lowest BCUT2D eigenvalue weighted by Gasteiger charge is -2.29. The van der Waals surface area contributed by atoms with Crippen molar-refractivity contribution in [3.05, 3.63) is 65.2 Å². The first-order valence-corrected chi connectivity index (χ1v) is 9.91. The van der Waals surface area contributed by atoms with E-state index in [2.05, 4.69) is 31.1 Å². The summed E-state index contributed by atoms with van der Waals surface area (Å²) in [7, 11) is 1.84. The van der Waals surface area contributed by atoms with Gasteiger partial charge in [-0.05, 0) is 43.5 Å². The molecule has 0 aliphatic carbocycles. The van der Waals surface area contributed by atoms with Crippen LogP contribution < -0.4 is 4.90 Å². The van der Waals surface area contributed by atoms with Gasteiger partial charge in [0.25, 0.3) is 0 Å². The molecule has 0 spiro atoms. The van der Waals surface area contributed by atoms with Crippen LogP contribution in [0.1, 0.15) is 50.3 Å². The molecule has 0 saturated carbocycles. The Bertz CT molecular complexity index is 1030. The number of nitrogens with zero attached hydrogens (tertiary/aromatic N) is 3. The molecule has 29 heavy (non-hydrogen) atoms. The minimum Gasteiger partial charge on any atom is -0.391 e. The van der Waals surface area contributed by atoms with Gasteiger partial charge in [0.2, 0.25) is 5.91 Å². The predicted molar refractivity (Wildman–Crippen MR) is 113 cm³/mol. The van der Waals surface area contributed by atoms with Crippen LogP contribution in [-0.2, 0) is 15.0 Å². The normalized spacial score (nSPS) is 24.7. The standard InChI is InChI=1S/C24H25N3O2/c1-23(2)20(29-26-21(23)17-11-9-16(15-25)10-12-17)13-14-24(3)18-7-5-6-8-19(18)27(4)22(24)28/h5-12,20H,13-14H2,1-4H3/t20-,24+/m1/s1. The SMILES string of the molecule is CN1C(=O)[C@@](C)(CC[C@H]2ON=C(c3ccc(C#N)cc3)C2(C)C)c2ccccc21. The molecule has 0 aromatic heterocycles. The van der Waals surface area contributed by atoms with Gasteiger partial charge in [-0.1, -0.05) is 49.3 Å². The summed E-state index contributed by atoms with van der Waals surface area (Å²) in [6.45, 7) is 6.28. The van der Waals surface area contributed by atoms with Crippen LogP contribution in [0, 0.1) is 16.7 Å². The van der Waals surface area contributed by atoms with Crippen molar-refractivity contribution >= 4 is 17.3 Å². The quantitative estimate of drug-likeness (QED) is 0.781. The molecule has 5 heteroatoms. The summed E-state index contributed by atoms with van der Waals surface area (Å²) in [6, 6.07) is 17.6. The molecule has 0 radical (unpaired) electrons. The molecule has 0 bridgehead atoms. The summed E-state index contributed by atoms with van der Waals surface area (Å²) in [6.07, 6.45) is 1.30. The molecule has 0 N–H and O–H groups in total. The van der Waals surface area contributed by atoms with Gasteiger partial charge >= 0.3 is 0 Å². The maximum atomic E-state index is 13.0. The van der Waals surface area contributed by atoms with Crippen molar-refractivity contribution < 1.29 is 9.63 Å². The van der Waals surface area contributed by atoms with E-state index in [1.165, 1.54) is 0 Å². The lowest BCUT2D eigenvalue weighted by atomic mass is 9.73. The molecule has 0 fully saturated rings. The van der Waals surface area contributed by atoms with Crippen molar-refractivity contribution in [2.24, 2.45) is 10.6 Å². The Morgan fingerprint density at radius 2 is 1.83 bits per heavy atom. The Kier molecular flexibility index (Phi) is 4.46. The van der Waals surface area contributed by atoms with Gasteiger partial charge in [0.1, 0.15) is 6.10 Å². The molecule has 2 aromatic rings. The third kappa shape index (κ3) is 2.91. The number of hydrogen-bond donors (Lipinski definition) is 0. The van der Waals surface area contributed by atoms with Gasteiger partial charge in [-0.3, -0.25) is 4.79 Å². The van der Waals surface area contributed by atoms with Gasteiger partial charge < -0.3 is 9.74 Å². The van der Waals surface area contributed by atoms with E-state index < -0.39 is 5.41 Å². The Labute approximate surface area is 171 Å². The van der Waals surface area contributed by atoms with E-state index in [4.69, 9.17) is 10.1 Å². The van der Waals surface area contributed by atoms with Crippen molar-refractivity contribution in [1.29, 1.82) is 5.26 Å². The summed E-state index contributed by atoms with van der Waals surface area (Å²) in [5.74, 6) is 0.128. The Hall–Kier alpha value is -3.13. The van der Waals surface area contributed by atoms with E-state index in [1.54, 1.807) is 17.0 Å². The lowest BCUT2D eigenvalue weighted by Crippen LogP contribution is -2.39. The molecule has 2 aliphatic heterocycles. The number of hydrogen-bond acceptors (Lipinski definition) is 4. The van der Waals surface area contributed by atoms with Crippen LogP contribution >= 0.6 is 0 Å². The summed E-state index contributed by atoms with van der Waals surface area (Å²) in [5, 5.41) is 13.4. The molecule has 5 nitrogen and oxygen atoms in total. The largest absolute Gasteiger partial charge is 0.391 e. The van der Waals surface area contributed by atoms with Crippen LogP contribution in [0.2, 0.25) is 0 Å². The van der Waals surface area contributed by atoms with Gasteiger partial charge in [-0.25, -0.2) is 0 Å². The van der Waals surface area contributed by atoms with Crippen LogP contribution in [0.4, 0.5) is 5.69 Å². The molecule has 0 saturated heterocycles. The minimum absolute atomic E-state index is 0.115. The second kappa shape index (κ2) is 6.73. The van der Waals surface area contributed by atoms with Gasteiger partial charge in [0, 0.05) is 18.3 Å². The summed E-state index contributed by atoms with van der Waals surface area (Å²) in [5.41, 5.74) is 3.69. The first-order chi connectivity index (χ1) is 13.8. The molecule has 4 rings (SSSR count). The number of amides is 1. The number of likely N-dealkylation sites (N-methyl/N-ethyl adjacent to an activating group) is 1. The highest BCUT2D eigenvalue weighted by Gasteiger charge is 2.48. The number of anilines is 1. The van der Waals surface area contributed by atoms with Crippen molar-refractivity contribution in [3.63, 3.8) is 0 Å². The molecule has 2 aromatic carbocycles. The van der Waals surface area contributed by atoms with Crippen molar-refractivity contribution in [1.82, 2.24) is 0 Å². The summed E-state index contributed by atoms with van der Waals surface area (Å²) in [4.78, 5) is 20.6. The van der Waals surface area contributed by atoms with Crippen molar-refractivity contribution in [2.75, 3.05) is 11.9 Å². The Balaban J connectivity index is 1.53. The van der Waals surface area contributed by atoms with E-state index in [-0.39, 0.29) is 17.4 Å². The van der Waals surface area contributed by atoms with Gasteiger partial charge in [-0.15, -0.1) is 0 Å². The number of rotatable bonds is 4. The molecule has 2 heterocycles. The maximum absolute atomic E-state index is 13.0. The second-order valence-electron chi connectivity index (χ2n) is 8.70. The average Bonchev–Trinajstić information content (AvgIpc) is 3.13. The van der Waals surface area contributed by atoms with E-state index in [0.717, 1.165) is 28.9 Å². The predicted octanol–water partition coefficient (Wildman–Crippen LogP) is 4.40. The lowest BCUT2D eigenvalue weighted by molar-refractivity contribution is -0.122. The third-order valence-electron chi connectivity index (χ3n) is 6.52. The highest BCUT2D eigenvalue weighted by molar-refractivity contribution is 6.07. The fraction of sp³-hybridized carbons (Fsp3) is 0.375. The molecule has 1 amide bonds. The number of fused-ring (bicyclic) bond motifs is 1. The summed E-state index contributed by atoms with van der Waals surface area (Å²) >= 11 is 0. The Morgan fingerprint density at radius 1 is 1.14 bits per heavy atom. The average molecular weight is 387 g/mol. The van der Waals surface area contributed by atoms with E-state index in [9.17, 15) is 4.79 Å². The molecule has 2 atom stereocenters. The van der Waals surface area contributed by atoms with E-state index in [0.29, 0.717) is 12.0 Å². The van der Waals surface area contributed by atoms with E-state index in [1.807, 2.05) is 44.3 Å². The van der Waals surface area contributed by atoms with E-state index >= 15 is 0 Å². The highest BCUT2D eigenvalue weighted by Crippen LogP contribution is 2.46. The van der Waals surface area contributed by atoms with Crippen LogP contribution in [0.15, 0.2) is 53.7 Å². The summed E-state index contributed by atoms with van der Waals surface area (Å²) < 4.78 is 0. The fourth-order valence-corrected chi connectivity index (χ4v) is 4.55. The fourth-order valence-electron chi connectivity index (χ4n) is 4.55. The molecule has 2 aliphatic rings.